The maximum atomic E-state index is 11.2. The molecule has 0 saturated carbocycles. The van der Waals surface area contributed by atoms with Gasteiger partial charge in [-0.2, -0.15) is 0 Å². The minimum atomic E-state index is -0.479. The van der Waals surface area contributed by atoms with Crippen molar-refractivity contribution in [2.24, 2.45) is 0 Å². The molecular formula is C10H7BrN2O3. The number of nitrogens with one attached hydrogen (secondary N) is 1. The summed E-state index contributed by atoms with van der Waals surface area (Å²) in [6.45, 7) is 1.41. The molecule has 0 unspecified atom stereocenters. The summed E-state index contributed by atoms with van der Waals surface area (Å²) in [7, 11) is 0. The number of nitro benzene ring substituents is 1. The zero-order chi connectivity index (χ0) is 11.9. The molecule has 1 aromatic heterocycles. The first-order valence-corrected chi connectivity index (χ1v) is 5.26. The second-order valence-electron chi connectivity index (χ2n) is 3.36. The lowest BCUT2D eigenvalue weighted by Gasteiger charge is -1.96. The lowest BCUT2D eigenvalue weighted by atomic mass is 10.2. The molecule has 0 radical (unpaired) electrons. The van der Waals surface area contributed by atoms with E-state index in [9.17, 15) is 14.9 Å². The number of aromatic amines is 1. The molecule has 0 aliphatic rings. The van der Waals surface area contributed by atoms with Crippen LogP contribution in [0.2, 0.25) is 0 Å². The average molecular weight is 283 g/mol. The zero-order valence-corrected chi connectivity index (χ0v) is 9.87. The quantitative estimate of drug-likeness (QED) is 0.523. The maximum Gasteiger partial charge on any atom is 0.307 e. The van der Waals surface area contributed by atoms with Crippen LogP contribution < -0.4 is 0 Å². The minimum Gasteiger partial charge on any atom is -0.346 e. The van der Waals surface area contributed by atoms with Gasteiger partial charge in [0.1, 0.15) is 5.52 Å². The molecule has 0 atom stereocenters. The lowest BCUT2D eigenvalue weighted by Crippen LogP contribution is -1.93. The minimum absolute atomic E-state index is 0.0509. The van der Waals surface area contributed by atoms with Crippen LogP contribution in [0.5, 0.6) is 0 Å². The van der Waals surface area contributed by atoms with Crippen molar-refractivity contribution in [1.82, 2.24) is 4.98 Å². The Morgan fingerprint density at radius 3 is 2.75 bits per heavy atom. The molecule has 2 rings (SSSR count). The van der Waals surface area contributed by atoms with Crippen molar-refractivity contribution in [3.8, 4) is 0 Å². The third kappa shape index (κ3) is 1.61. The molecule has 16 heavy (non-hydrogen) atoms. The number of nitro groups is 1. The summed E-state index contributed by atoms with van der Waals surface area (Å²) in [5.74, 6) is -0.151. The van der Waals surface area contributed by atoms with Crippen molar-refractivity contribution in [2.45, 2.75) is 6.92 Å². The summed E-state index contributed by atoms with van der Waals surface area (Å²) in [5.41, 5.74) is 0.686. The van der Waals surface area contributed by atoms with Gasteiger partial charge < -0.3 is 4.98 Å². The highest BCUT2D eigenvalue weighted by Crippen LogP contribution is 2.33. The molecular weight excluding hydrogens is 276 g/mol. The van der Waals surface area contributed by atoms with Gasteiger partial charge in [0, 0.05) is 12.3 Å². The molecule has 0 amide bonds. The van der Waals surface area contributed by atoms with Gasteiger partial charge in [0.25, 0.3) is 0 Å². The van der Waals surface area contributed by atoms with Gasteiger partial charge in [-0.25, -0.2) is 0 Å². The molecule has 0 aliphatic heterocycles. The molecule has 6 heteroatoms. The zero-order valence-electron chi connectivity index (χ0n) is 8.28. The summed E-state index contributed by atoms with van der Waals surface area (Å²) in [6, 6.07) is 4.92. The Morgan fingerprint density at radius 2 is 2.19 bits per heavy atom. The van der Waals surface area contributed by atoms with Crippen molar-refractivity contribution in [3.05, 3.63) is 38.5 Å². The standard InChI is InChI=1S/C10H7BrN2O3/c1-5(14)8-4-6-2-3-7(11)10(13(15)16)9(6)12-8/h2-4,12H,1H3. The van der Waals surface area contributed by atoms with Crippen molar-refractivity contribution >= 4 is 38.3 Å². The van der Waals surface area contributed by atoms with E-state index >= 15 is 0 Å². The van der Waals surface area contributed by atoms with Gasteiger partial charge in [0.15, 0.2) is 5.78 Å². The number of Topliss-reactive ketones (excluding diaryl/α,β-unsaturated/α-hetero) is 1. The van der Waals surface area contributed by atoms with Crippen molar-refractivity contribution in [2.75, 3.05) is 0 Å². The summed E-state index contributed by atoms with van der Waals surface area (Å²) < 4.78 is 0.391. The fourth-order valence-corrected chi connectivity index (χ4v) is 2.00. The fraction of sp³-hybridized carbons (Fsp3) is 0.100. The molecule has 0 aliphatic carbocycles. The number of hydrogen-bond donors (Lipinski definition) is 1. The number of halogens is 1. The summed E-state index contributed by atoms with van der Waals surface area (Å²) >= 11 is 3.12. The van der Waals surface area contributed by atoms with E-state index in [2.05, 4.69) is 20.9 Å². The summed E-state index contributed by atoms with van der Waals surface area (Å²) in [6.07, 6.45) is 0. The molecule has 0 saturated heterocycles. The Morgan fingerprint density at radius 1 is 1.50 bits per heavy atom. The fourth-order valence-electron chi connectivity index (χ4n) is 1.53. The van der Waals surface area contributed by atoms with Gasteiger partial charge in [-0.1, -0.05) is 6.07 Å². The number of ketones is 1. The van der Waals surface area contributed by atoms with Gasteiger partial charge in [-0.15, -0.1) is 0 Å². The first-order chi connectivity index (χ1) is 7.50. The highest BCUT2D eigenvalue weighted by molar-refractivity contribution is 9.10. The second-order valence-corrected chi connectivity index (χ2v) is 4.21. The van der Waals surface area contributed by atoms with Gasteiger partial charge in [-0.05, 0) is 28.1 Å². The third-order valence-electron chi connectivity index (χ3n) is 2.28. The number of H-pyrrole nitrogens is 1. The van der Waals surface area contributed by atoms with E-state index in [4.69, 9.17) is 0 Å². The van der Waals surface area contributed by atoms with Gasteiger partial charge >= 0.3 is 5.69 Å². The van der Waals surface area contributed by atoms with Crippen LogP contribution in [-0.4, -0.2) is 15.7 Å². The highest BCUT2D eigenvalue weighted by Gasteiger charge is 2.19. The number of fused-ring (bicyclic) bond motifs is 1. The smallest absolute Gasteiger partial charge is 0.307 e. The largest absolute Gasteiger partial charge is 0.346 e. The van der Waals surface area contributed by atoms with Crippen molar-refractivity contribution < 1.29 is 9.72 Å². The Kier molecular flexibility index (Phi) is 2.51. The van der Waals surface area contributed by atoms with Gasteiger partial charge in [-0.3, -0.25) is 14.9 Å². The predicted octanol–water partition coefficient (Wildman–Crippen LogP) is 3.04. The predicted molar refractivity (Wildman–Crippen MR) is 62.7 cm³/mol. The van der Waals surface area contributed by atoms with Gasteiger partial charge in [0.05, 0.1) is 15.1 Å². The van der Waals surface area contributed by atoms with E-state index in [-0.39, 0.29) is 11.5 Å². The first kappa shape index (κ1) is 10.8. The van der Waals surface area contributed by atoms with Crippen LogP contribution in [0.15, 0.2) is 22.7 Å². The van der Waals surface area contributed by atoms with Crippen molar-refractivity contribution in [3.63, 3.8) is 0 Å². The van der Waals surface area contributed by atoms with Gasteiger partial charge in [0.2, 0.25) is 0 Å². The first-order valence-electron chi connectivity index (χ1n) is 4.47. The van der Waals surface area contributed by atoms with Crippen LogP contribution in [0.1, 0.15) is 17.4 Å². The van der Waals surface area contributed by atoms with Crippen LogP contribution in [0.3, 0.4) is 0 Å². The highest BCUT2D eigenvalue weighted by atomic mass is 79.9. The molecule has 1 heterocycles. The number of hydrogen-bond acceptors (Lipinski definition) is 3. The Bertz CT molecular complexity index is 603. The SMILES string of the molecule is CC(=O)c1cc2ccc(Br)c([N+](=O)[O-])c2[nH]1. The van der Waals surface area contributed by atoms with Crippen LogP contribution in [0.4, 0.5) is 5.69 Å². The molecule has 0 fully saturated rings. The number of rotatable bonds is 2. The van der Waals surface area contributed by atoms with Crippen LogP contribution >= 0.6 is 15.9 Å². The van der Waals surface area contributed by atoms with E-state index in [1.165, 1.54) is 6.92 Å². The molecule has 5 nitrogen and oxygen atoms in total. The number of nitrogens with zero attached hydrogens (tertiary/aromatic N) is 1. The molecule has 1 N–H and O–H groups in total. The molecule has 1 aromatic carbocycles. The number of aromatic nitrogens is 1. The average Bonchev–Trinajstić information content (AvgIpc) is 2.60. The number of carbonyl (C=O) groups is 1. The second kappa shape index (κ2) is 3.71. The van der Waals surface area contributed by atoms with Crippen LogP contribution in [0, 0.1) is 10.1 Å². The molecule has 82 valence electrons. The Labute approximate surface area is 98.7 Å². The van der Waals surface area contributed by atoms with E-state index in [0.29, 0.717) is 21.1 Å². The van der Waals surface area contributed by atoms with Crippen molar-refractivity contribution in [1.29, 1.82) is 0 Å². The third-order valence-corrected chi connectivity index (χ3v) is 2.92. The topological polar surface area (TPSA) is 76.0 Å². The Balaban J connectivity index is 2.82. The molecule has 0 bridgehead atoms. The maximum absolute atomic E-state index is 11.2. The van der Waals surface area contributed by atoms with E-state index in [0.717, 1.165) is 0 Å². The Hall–Kier alpha value is -1.69. The van der Waals surface area contributed by atoms with Crippen LogP contribution in [0.25, 0.3) is 10.9 Å². The van der Waals surface area contributed by atoms with Crippen LogP contribution in [-0.2, 0) is 0 Å². The normalized spacial score (nSPS) is 10.6. The molecule has 0 spiro atoms. The monoisotopic (exact) mass is 282 g/mol. The van der Waals surface area contributed by atoms with E-state index in [1.807, 2.05) is 0 Å². The van der Waals surface area contributed by atoms with E-state index in [1.54, 1.807) is 18.2 Å². The number of benzene rings is 1. The van der Waals surface area contributed by atoms with E-state index < -0.39 is 4.92 Å². The molecule has 2 aromatic rings. The lowest BCUT2D eigenvalue weighted by molar-refractivity contribution is -0.384. The summed E-state index contributed by atoms with van der Waals surface area (Å²) in [5, 5.41) is 11.5. The number of carbonyl (C=O) groups excluding carboxylic acids is 1. The summed E-state index contributed by atoms with van der Waals surface area (Å²) in [4.78, 5) is 24.3.